The first kappa shape index (κ1) is 11.4. The van der Waals surface area contributed by atoms with E-state index in [2.05, 4.69) is 13.8 Å². The summed E-state index contributed by atoms with van der Waals surface area (Å²) in [5, 5.41) is 0. The highest BCUT2D eigenvalue weighted by Crippen LogP contribution is 2.42. The minimum absolute atomic E-state index is 0.269. The van der Waals surface area contributed by atoms with Gasteiger partial charge in [0.25, 0.3) is 0 Å². The van der Waals surface area contributed by atoms with Gasteiger partial charge in [0.2, 0.25) is 0 Å². The second kappa shape index (κ2) is 4.42. The maximum atomic E-state index is 5.62. The molecule has 88 valence electrons. The normalized spacial score (nSPS) is 28.4. The Morgan fingerprint density at radius 1 is 0.933 bits per heavy atom. The van der Waals surface area contributed by atoms with Crippen LogP contribution >= 0.6 is 0 Å². The molecule has 1 heterocycles. The van der Waals surface area contributed by atoms with Crippen LogP contribution in [0.5, 0.6) is 0 Å². The van der Waals surface area contributed by atoms with E-state index in [1.807, 2.05) is 0 Å². The molecule has 0 amide bonds. The summed E-state index contributed by atoms with van der Waals surface area (Å²) in [6, 6.07) is 0. The zero-order valence-electron chi connectivity index (χ0n) is 10.2. The largest absolute Gasteiger partial charge is 0.348 e. The van der Waals surface area contributed by atoms with Gasteiger partial charge in [-0.05, 0) is 38.0 Å². The summed E-state index contributed by atoms with van der Waals surface area (Å²) in [4.78, 5) is 0. The lowest BCUT2D eigenvalue weighted by molar-refractivity contribution is -0.148. The molecule has 2 fully saturated rings. The molecule has 0 spiro atoms. The van der Waals surface area contributed by atoms with Crippen molar-refractivity contribution in [1.29, 1.82) is 0 Å². The standard InChI is InChI=1S/C13H24O2/c1-12(6-3-4-7-12)8-5-9-13(2)14-10-11-15-13/h3-11H2,1-2H3. The van der Waals surface area contributed by atoms with Gasteiger partial charge < -0.3 is 9.47 Å². The van der Waals surface area contributed by atoms with Crippen molar-refractivity contribution in [2.24, 2.45) is 5.41 Å². The summed E-state index contributed by atoms with van der Waals surface area (Å²) in [6.07, 6.45) is 9.35. The summed E-state index contributed by atoms with van der Waals surface area (Å²) < 4.78 is 11.2. The third kappa shape index (κ3) is 2.94. The highest BCUT2D eigenvalue weighted by molar-refractivity contribution is 4.81. The predicted octanol–water partition coefficient (Wildman–Crippen LogP) is 3.50. The molecule has 0 N–H and O–H groups in total. The number of rotatable bonds is 4. The van der Waals surface area contributed by atoms with Crippen molar-refractivity contribution < 1.29 is 9.47 Å². The van der Waals surface area contributed by atoms with Gasteiger partial charge in [-0.2, -0.15) is 0 Å². The van der Waals surface area contributed by atoms with Crippen molar-refractivity contribution in [3.05, 3.63) is 0 Å². The fourth-order valence-electron chi connectivity index (χ4n) is 3.02. The third-order valence-electron chi connectivity index (χ3n) is 4.12. The maximum Gasteiger partial charge on any atom is 0.165 e. The highest BCUT2D eigenvalue weighted by atomic mass is 16.7. The van der Waals surface area contributed by atoms with Crippen LogP contribution in [0.1, 0.15) is 58.8 Å². The van der Waals surface area contributed by atoms with E-state index in [1.165, 1.54) is 38.5 Å². The van der Waals surface area contributed by atoms with Crippen LogP contribution in [0.2, 0.25) is 0 Å². The van der Waals surface area contributed by atoms with Gasteiger partial charge >= 0.3 is 0 Å². The monoisotopic (exact) mass is 212 g/mol. The Morgan fingerprint density at radius 2 is 1.53 bits per heavy atom. The van der Waals surface area contributed by atoms with Crippen molar-refractivity contribution in [2.45, 2.75) is 64.6 Å². The summed E-state index contributed by atoms with van der Waals surface area (Å²) >= 11 is 0. The summed E-state index contributed by atoms with van der Waals surface area (Å²) in [6.45, 7) is 6.07. The van der Waals surface area contributed by atoms with Crippen LogP contribution in [0.25, 0.3) is 0 Å². The zero-order valence-corrected chi connectivity index (χ0v) is 10.2. The van der Waals surface area contributed by atoms with Crippen LogP contribution in [-0.4, -0.2) is 19.0 Å². The van der Waals surface area contributed by atoms with Gasteiger partial charge in [-0.25, -0.2) is 0 Å². The molecule has 1 saturated heterocycles. The van der Waals surface area contributed by atoms with Crippen molar-refractivity contribution >= 4 is 0 Å². The van der Waals surface area contributed by atoms with Gasteiger partial charge in [-0.15, -0.1) is 0 Å². The summed E-state index contributed by atoms with van der Waals surface area (Å²) in [5.74, 6) is -0.269. The van der Waals surface area contributed by atoms with E-state index in [1.54, 1.807) is 0 Å². The first-order valence-electron chi connectivity index (χ1n) is 6.40. The molecule has 1 aliphatic heterocycles. The summed E-state index contributed by atoms with van der Waals surface area (Å²) in [5.41, 5.74) is 0.620. The molecule has 0 aromatic rings. The Labute approximate surface area is 93.3 Å². The van der Waals surface area contributed by atoms with Gasteiger partial charge in [-0.1, -0.05) is 19.8 Å². The van der Waals surface area contributed by atoms with Gasteiger partial charge in [-0.3, -0.25) is 0 Å². The van der Waals surface area contributed by atoms with Gasteiger partial charge in [0.1, 0.15) is 0 Å². The third-order valence-corrected chi connectivity index (χ3v) is 4.12. The molecule has 2 rings (SSSR count). The minimum Gasteiger partial charge on any atom is -0.348 e. The van der Waals surface area contributed by atoms with Crippen molar-refractivity contribution in [3.63, 3.8) is 0 Å². The minimum atomic E-state index is -0.269. The van der Waals surface area contributed by atoms with E-state index in [0.717, 1.165) is 19.6 Å². The van der Waals surface area contributed by atoms with Gasteiger partial charge in [0.05, 0.1) is 13.2 Å². The SMILES string of the molecule is CC1(CCCC2(C)OCCO2)CCCC1. The second-order valence-electron chi connectivity index (χ2n) is 5.70. The maximum absolute atomic E-state index is 5.62. The molecule has 0 bridgehead atoms. The first-order valence-corrected chi connectivity index (χ1v) is 6.40. The van der Waals surface area contributed by atoms with Crippen LogP contribution in [-0.2, 0) is 9.47 Å². The molecular weight excluding hydrogens is 188 g/mol. The Hall–Kier alpha value is -0.0800. The van der Waals surface area contributed by atoms with Crippen LogP contribution in [0.4, 0.5) is 0 Å². The van der Waals surface area contributed by atoms with Crippen LogP contribution in [0.3, 0.4) is 0 Å². The van der Waals surface area contributed by atoms with E-state index in [4.69, 9.17) is 9.47 Å². The van der Waals surface area contributed by atoms with Crippen molar-refractivity contribution in [2.75, 3.05) is 13.2 Å². The van der Waals surface area contributed by atoms with Crippen molar-refractivity contribution in [1.82, 2.24) is 0 Å². The molecule has 0 radical (unpaired) electrons. The molecule has 0 unspecified atom stereocenters. The quantitative estimate of drug-likeness (QED) is 0.710. The average Bonchev–Trinajstić information content (AvgIpc) is 2.76. The first-order chi connectivity index (χ1) is 7.12. The molecule has 1 saturated carbocycles. The van der Waals surface area contributed by atoms with Crippen LogP contribution in [0, 0.1) is 5.41 Å². The second-order valence-corrected chi connectivity index (χ2v) is 5.70. The van der Waals surface area contributed by atoms with Gasteiger partial charge in [0, 0.05) is 6.42 Å². The number of hydrogen-bond donors (Lipinski definition) is 0. The smallest absolute Gasteiger partial charge is 0.165 e. The molecule has 0 aromatic carbocycles. The van der Waals surface area contributed by atoms with E-state index in [9.17, 15) is 0 Å². The predicted molar refractivity (Wildman–Crippen MR) is 60.7 cm³/mol. The Bertz CT molecular complexity index is 179. The van der Waals surface area contributed by atoms with Crippen LogP contribution < -0.4 is 0 Å². The van der Waals surface area contributed by atoms with E-state index >= 15 is 0 Å². The Morgan fingerprint density at radius 3 is 2.13 bits per heavy atom. The van der Waals surface area contributed by atoms with Gasteiger partial charge in [0.15, 0.2) is 5.79 Å². The highest BCUT2D eigenvalue weighted by Gasteiger charge is 2.33. The lowest BCUT2D eigenvalue weighted by Crippen LogP contribution is -2.26. The molecule has 0 aromatic heterocycles. The molecule has 2 aliphatic rings. The number of hydrogen-bond acceptors (Lipinski definition) is 2. The van der Waals surface area contributed by atoms with E-state index < -0.39 is 0 Å². The lowest BCUT2D eigenvalue weighted by Gasteiger charge is -2.27. The van der Waals surface area contributed by atoms with Crippen LogP contribution in [0.15, 0.2) is 0 Å². The fraction of sp³-hybridized carbons (Fsp3) is 1.00. The van der Waals surface area contributed by atoms with E-state index in [-0.39, 0.29) is 5.79 Å². The van der Waals surface area contributed by atoms with Crippen molar-refractivity contribution in [3.8, 4) is 0 Å². The van der Waals surface area contributed by atoms with E-state index in [0.29, 0.717) is 5.41 Å². The topological polar surface area (TPSA) is 18.5 Å². The molecule has 2 nitrogen and oxygen atoms in total. The lowest BCUT2D eigenvalue weighted by atomic mass is 9.83. The Balaban J connectivity index is 1.69. The summed E-state index contributed by atoms with van der Waals surface area (Å²) in [7, 11) is 0. The molecule has 0 atom stereocenters. The fourth-order valence-corrected chi connectivity index (χ4v) is 3.02. The molecular formula is C13H24O2. The molecule has 1 aliphatic carbocycles. The average molecular weight is 212 g/mol. The molecule has 2 heteroatoms. The Kier molecular flexibility index (Phi) is 3.36. The zero-order chi connectivity index (χ0) is 10.8. The number of ether oxygens (including phenoxy) is 2. The molecule has 15 heavy (non-hydrogen) atoms.